The summed E-state index contributed by atoms with van der Waals surface area (Å²) in [5.41, 5.74) is 2.92. The van der Waals surface area contributed by atoms with Gasteiger partial charge in [0, 0.05) is 11.3 Å². The summed E-state index contributed by atoms with van der Waals surface area (Å²) in [6.07, 6.45) is 0. The summed E-state index contributed by atoms with van der Waals surface area (Å²) in [5, 5.41) is 16.4. The van der Waals surface area contributed by atoms with Crippen LogP contribution in [0.4, 0.5) is 5.69 Å². The highest BCUT2D eigenvalue weighted by molar-refractivity contribution is 7.99. The number of hydrogen-bond acceptors (Lipinski definition) is 8. The third-order valence-corrected chi connectivity index (χ3v) is 5.60. The molecule has 0 aliphatic carbocycles. The number of nitrogens with one attached hydrogen (secondary N) is 1. The molecule has 4 aromatic rings. The Morgan fingerprint density at radius 1 is 1.09 bits per heavy atom. The fourth-order valence-corrected chi connectivity index (χ4v) is 3.88. The van der Waals surface area contributed by atoms with Gasteiger partial charge in [-0.2, -0.15) is 9.61 Å². The molecule has 3 heterocycles. The van der Waals surface area contributed by atoms with Crippen molar-refractivity contribution in [1.82, 2.24) is 19.8 Å². The highest BCUT2D eigenvalue weighted by Crippen LogP contribution is 2.35. The number of amides is 1. The van der Waals surface area contributed by atoms with Crippen LogP contribution in [0.15, 0.2) is 59.8 Å². The molecule has 0 fully saturated rings. The highest BCUT2D eigenvalue weighted by Gasteiger charge is 2.16. The fourth-order valence-electron chi connectivity index (χ4n) is 3.20. The average Bonchev–Trinajstić information content (AvgIpc) is 3.45. The monoisotopic (exact) mass is 449 g/mol. The maximum Gasteiger partial charge on any atom is 0.234 e. The lowest BCUT2D eigenvalue weighted by Gasteiger charge is -2.07. The van der Waals surface area contributed by atoms with Gasteiger partial charge in [-0.3, -0.25) is 4.79 Å². The minimum absolute atomic E-state index is 0.150. The second kappa shape index (κ2) is 8.75. The molecular formula is C22H19N5O4S. The summed E-state index contributed by atoms with van der Waals surface area (Å²) in [5.74, 6) is 2.19. The van der Waals surface area contributed by atoms with Crippen molar-refractivity contribution in [2.45, 2.75) is 12.1 Å². The van der Waals surface area contributed by atoms with E-state index >= 15 is 0 Å². The number of hydrogen-bond donors (Lipinski definition) is 1. The van der Waals surface area contributed by atoms with Crippen LogP contribution in [0.5, 0.6) is 17.2 Å². The van der Waals surface area contributed by atoms with Crippen LogP contribution < -0.4 is 19.5 Å². The molecule has 162 valence electrons. The normalized spacial score (nSPS) is 12.2. The van der Waals surface area contributed by atoms with E-state index in [2.05, 4.69) is 20.6 Å². The first kappa shape index (κ1) is 20.1. The number of rotatable bonds is 7. The van der Waals surface area contributed by atoms with Gasteiger partial charge in [0.05, 0.1) is 18.1 Å². The maximum absolute atomic E-state index is 12.4. The number of carbonyl (C=O) groups is 1. The van der Waals surface area contributed by atoms with E-state index in [1.165, 1.54) is 11.8 Å². The third kappa shape index (κ3) is 4.17. The minimum atomic E-state index is -0.150. The van der Waals surface area contributed by atoms with Crippen molar-refractivity contribution in [3.05, 3.63) is 54.6 Å². The largest absolute Gasteiger partial charge is 0.494 e. The van der Waals surface area contributed by atoms with Crippen molar-refractivity contribution >= 4 is 29.0 Å². The lowest BCUT2D eigenvalue weighted by Crippen LogP contribution is -2.14. The van der Waals surface area contributed by atoms with E-state index in [9.17, 15) is 4.79 Å². The lowest BCUT2D eigenvalue weighted by atomic mass is 10.1. The number of fused-ring (bicyclic) bond motifs is 2. The number of thioether (sulfide) groups is 1. The van der Waals surface area contributed by atoms with Crippen LogP contribution in [0.2, 0.25) is 0 Å². The number of benzene rings is 2. The van der Waals surface area contributed by atoms with Crippen LogP contribution in [0.25, 0.3) is 16.9 Å². The van der Waals surface area contributed by atoms with Crippen molar-refractivity contribution in [2.24, 2.45) is 0 Å². The van der Waals surface area contributed by atoms with Gasteiger partial charge >= 0.3 is 0 Å². The van der Waals surface area contributed by atoms with Crippen LogP contribution in [-0.4, -0.2) is 44.9 Å². The van der Waals surface area contributed by atoms with Gasteiger partial charge in [-0.05, 0) is 61.5 Å². The molecular weight excluding hydrogens is 430 g/mol. The lowest BCUT2D eigenvalue weighted by molar-refractivity contribution is -0.113. The summed E-state index contributed by atoms with van der Waals surface area (Å²) < 4.78 is 17.9. The van der Waals surface area contributed by atoms with Crippen molar-refractivity contribution in [1.29, 1.82) is 0 Å². The van der Waals surface area contributed by atoms with E-state index in [-0.39, 0.29) is 18.5 Å². The summed E-state index contributed by atoms with van der Waals surface area (Å²) in [6.45, 7) is 2.74. The van der Waals surface area contributed by atoms with Gasteiger partial charge in [-0.15, -0.1) is 10.2 Å². The molecule has 0 radical (unpaired) electrons. The van der Waals surface area contributed by atoms with Crippen molar-refractivity contribution in [3.63, 3.8) is 0 Å². The summed E-state index contributed by atoms with van der Waals surface area (Å²) in [6, 6.07) is 16.6. The van der Waals surface area contributed by atoms with E-state index in [1.807, 2.05) is 49.4 Å². The zero-order valence-electron chi connectivity index (χ0n) is 17.1. The predicted octanol–water partition coefficient (Wildman–Crippen LogP) is 3.65. The van der Waals surface area contributed by atoms with Gasteiger partial charge in [0.25, 0.3) is 0 Å². The maximum atomic E-state index is 12.4. The van der Waals surface area contributed by atoms with E-state index in [4.69, 9.17) is 14.2 Å². The average molecular weight is 449 g/mol. The van der Waals surface area contributed by atoms with Gasteiger partial charge in [0.15, 0.2) is 17.1 Å². The summed E-state index contributed by atoms with van der Waals surface area (Å²) in [7, 11) is 0. The zero-order chi connectivity index (χ0) is 21.9. The van der Waals surface area contributed by atoms with Gasteiger partial charge in [0.1, 0.15) is 5.75 Å². The molecule has 10 heteroatoms. The SMILES string of the molecule is CCOc1ccc(NC(=O)CSc2nnc3ccc(-c4ccc5c(c4)OCO5)nn23)cc1. The predicted molar refractivity (Wildman–Crippen MR) is 119 cm³/mol. The Bertz CT molecular complexity index is 1280. The zero-order valence-corrected chi connectivity index (χ0v) is 18.0. The molecule has 0 saturated heterocycles. The van der Waals surface area contributed by atoms with Gasteiger partial charge < -0.3 is 19.5 Å². The molecule has 1 N–H and O–H groups in total. The smallest absolute Gasteiger partial charge is 0.234 e. The molecule has 1 aliphatic heterocycles. The van der Waals surface area contributed by atoms with Gasteiger partial charge in [0.2, 0.25) is 17.9 Å². The molecule has 0 spiro atoms. The number of anilines is 1. The highest BCUT2D eigenvalue weighted by atomic mass is 32.2. The number of aromatic nitrogens is 4. The quantitative estimate of drug-likeness (QED) is 0.427. The molecule has 9 nitrogen and oxygen atoms in total. The Labute approximate surface area is 187 Å². The Hall–Kier alpha value is -3.79. The van der Waals surface area contributed by atoms with Crippen LogP contribution >= 0.6 is 11.8 Å². The molecule has 2 aromatic carbocycles. The molecule has 1 aliphatic rings. The van der Waals surface area contributed by atoms with Crippen LogP contribution in [-0.2, 0) is 4.79 Å². The second-order valence-electron chi connectivity index (χ2n) is 6.83. The Morgan fingerprint density at radius 2 is 1.94 bits per heavy atom. The number of ether oxygens (including phenoxy) is 3. The molecule has 0 atom stereocenters. The molecule has 32 heavy (non-hydrogen) atoms. The van der Waals surface area contributed by atoms with Crippen molar-refractivity contribution in [2.75, 3.05) is 24.5 Å². The van der Waals surface area contributed by atoms with Crippen molar-refractivity contribution in [3.8, 4) is 28.5 Å². The first-order valence-corrected chi connectivity index (χ1v) is 11.0. The molecule has 0 unspecified atom stereocenters. The first-order valence-electron chi connectivity index (χ1n) is 9.97. The fraction of sp³-hybridized carbons (Fsp3) is 0.182. The second-order valence-corrected chi connectivity index (χ2v) is 7.78. The Balaban J connectivity index is 1.28. The molecule has 5 rings (SSSR count). The number of nitrogens with zero attached hydrogens (tertiary/aromatic N) is 4. The molecule has 1 amide bonds. The summed E-state index contributed by atoms with van der Waals surface area (Å²) in [4.78, 5) is 12.4. The topological polar surface area (TPSA) is 99.9 Å². The Kier molecular flexibility index (Phi) is 5.51. The van der Waals surface area contributed by atoms with Gasteiger partial charge in [-0.25, -0.2) is 0 Å². The van der Waals surface area contributed by atoms with E-state index < -0.39 is 0 Å². The summed E-state index contributed by atoms with van der Waals surface area (Å²) >= 11 is 1.26. The first-order chi connectivity index (χ1) is 15.7. The van der Waals surface area contributed by atoms with E-state index in [0.717, 1.165) is 17.0 Å². The third-order valence-electron chi connectivity index (χ3n) is 4.68. The Morgan fingerprint density at radius 3 is 2.78 bits per heavy atom. The standard InChI is InChI=1S/C22H19N5O4S/c1-2-29-16-6-4-15(5-7-16)23-21(28)12-32-22-25-24-20-10-8-17(26-27(20)22)14-3-9-18-19(11-14)31-13-30-18/h3-11H,2,12-13H2,1H3,(H,23,28). The molecule has 2 aromatic heterocycles. The van der Waals surface area contributed by atoms with Crippen LogP contribution in [0.1, 0.15) is 6.92 Å². The number of carbonyl (C=O) groups excluding carboxylic acids is 1. The molecule has 0 saturated carbocycles. The van der Waals surface area contributed by atoms with E-state index in [0.29, 0.717) is 34.6 Å². The van der Waals surface area contributed by atoms with Crippen LogP contribution in [0, 0.1) is 0 Å². The molecule has 0 bridgehead atoms. The minimum Gasteiger partial charge on any atom is -0.494 e. The van der Waals surface area contributed by atoms with E-state index in [1.54, 1.807) is 16.6 Å². The van der Waals surface area contributed by atoms with Crippen molar-refractivity contribution < 1.29 is 19.0 Å². The van der Waals surface area contributed by atoms with Gasteiger partial charge in [-0.1, -0.05) is 11.8 Å². The van der Waals surface area contributed by atoms with Crippen LogP contribution in [0.3, 0.4) is 0 Å².